The molecular formula is C35H41N3O5. The van der Waals surface area contributed by atoms with E-state index in [1.165, 1.54) is 6.20 Å². The number of aromatic amines is 1. The lowest BCUT2D eigenvalue weighted by Crippen LogP contribution is -2.41. The summed E-state index contributed by atoms with van der Waals surface area (Å²) in [5, 5.41) is 3.37. The molecule has 2 N–H and O–H groups in total. The van der Waals surface area contributed by atoms with E-state index in [9.17, 15) is 14.4 Å². The van der Waals surface area contributed by atoms with Crippen LogP contribution in [0, 0.1) is 0 Å². The molecule has 0 fully saturated rings. The summed E-state index contributed by atoms with van der Waals surface area (Å²) in [5.41, 5.74) is 2.53. The maximum absolute atomic E-state index is 13.7. The van der Waals surface area contributed by atoms with E-state index < -0.39 is 17.4 Å². The first-order valence-corrected chi connectivity index (χ1v) is 14.8. The maximum atomic E-state index is 13.7. The summed E-state index contributed by atoms with van der Waals surface area (Å²) in [6.07, 6.45) is 1.42. The third kappa shape index (κ3) is 6.97. The number of likely N-dealkylation sites (N-methyl/N-ethyl adjacent to an activating group) is 1. The topological polar surface area (TPSA) is 101 Å². The molecule has 1 heterocycles. The molecule has 3 aromatic carbocycles. The third-order valence-electron chi connectivity index (χ3n) is 7.58. The highest BCUT2D eigenvalue weighted by molar-refractivity contribution is 6.07. The Morgan fingerprint density at radius 2 is 1.70 bits per heavy atom. The molecule has 1 atom stereocenters. The number of nitrogens with one attached hydrogen (secondary N) is 2. The largest absolute Gasteiger partial charge is 0.494 e. The molecule has 0 aliphatic heterocycles. The number of esters is 1. The molecule has 8 nitrogen and oxygen atoms in total. The van der Waals surface area contributed by atoms with Gasteiger partial charge in [-0.2, -0.15) is 0 Å². The van der Waals surface area contributed by atoms with E-state index in [1.807, 2.05) is 89.8 Å². The van der Waals surface area contributed by atoms with Crippen molar-refractivity contribution in [2.75, 3.05) is 25.0 Å². The Morgan fingerprint density at radius 1 is 0.977 bits per heavy atom. The summed E-state index contributed by atoms with van der Waals surface area (Å²) in [5.74, 6) is 0.0723. The lowest BCUT2D eigenvalue weighted by Gasteiger charge is -2.28. The molecule has 1 amide bonds. The Hall–Kier alpha value is -4.43. The average Bonchev–Trinajstić information content (AvgIpc) is 2.97. The van der Waals surface area contributed by atoms with Crippen molar-refractivity contribution in [1.29, 1.82) is 0 Å². The van der Waals surface area contributed by atoms with Gasteiger partial charge in [-0.05, 0) is 68.2 Å². The predicted octanol–water partition coefficient (Wildman–Crippen LogP) is 6.78. The molecule has 1 unspecified atom stereocenters. The number of hydrogen-bond donors (Lipinski definition) is 2. The van der Waals surface area contributed by atoms with E-state index in [0.717, 1.165) is 11.1 Å². The van der Waals surface area contributed by atoms with Gasteiger partial charge in [-0.25, -0.2) is 4.79 Å². The molecular weight excluding hydrogens is 542 g/mol. The Bertz CT molecular complexity index is 1680. The molecule has 43 heavy (non-hydrogen) atoms. The number of rotatable bonds is 10. The molecule has 0 aliphatic rings. The van der Waals surface area contributed by atoms with E-state index in [4.69, 9.17) is 9.47 Å². The fourth-order valence-electron chi connectivity index (χ4n) is 5.15. The van der Waals surface area contributed by atoms with E-state index >= 15 is 0 Å². The molecule has 4 rings (SSSR count). The van der Waals surface area contributed by atoms with Crippen molar-refractivity contribution in [2.45, 2.75) is 59.9 Å². The van der Waals surface area contributed by atoms with Crippen LogP contribution in [0.2, 0.25) is 0 Å². The molecule has 0 saturated carbocycles. The number of carbonyl (C=O) groups excluding carboxylic acids is 2. The lowest BCUT2D eigenvalue weighted by atomic mass is 9.84. The molecule has 0 radical (unpaired) electrons. The summed E-state index contributed by atoms with van der Waals surface area (Å²) < 4.78 is 11.8. The number of carbonyl (C=O) groups is 2. The molecule has 8 heteroatoms. The van der Waals surface area contributed by atoms with Gasteiger partial charge in [-0.1, -0.05) is 58.9 Å². The zero-order chi connectivity index (χ0) is 31.3. The molecule has 4 aromatic rings. The van der Waals surface area contributed by atoms with Crippen molar-refractivity contribution in [3.05, 3.63) is 88.2 Å². The predicted molar refractivity (Wildman–Crippen MR) is 172 cm³/mol. The Balaban J connectivity index is 1.86. The smallest absolute Gasteiger partial charge is 0.328 e. The minimum atomic E-state index is -0.577. The number of pyridine rings is 1. The van der Waals surface area contributed by atoms with Gasteiger partial charge in [0, 0.05) is 34.3 Å². The first-order valence-electron chi connectivity index (χ1n) is 14.8. The number of benzene rings is 3. The van der Waals surface area contributed by atoms with E-state index in [1.54, 1.807) is 24.3 Å². The molecule has 226 valence electrons. The molecule has 1 aromatic heterocycles. The van der Waals surface area contributed by atoms with Crippen LogP contribution in [0.4, 0.5) is 5.69 Å². The van der Waals surface area contributed by atoms with Gasteiger partial charge in [-0.3, -0.25) is 14.5 Å². The van der Waals surface area contributed by atoms with Crippen LogP contribution in [0.3, 0.4) is 0 Å². The quantitative estimate of drug-likeness (QED) is 0.158. The molecule has 0 bridgehead atoms. The van der Waals surface area contributed by atoms with Crippen LogP contribution >= 0.6 is 0 Å². The molecule has 0 saturated heterocycles. The summed E-state index contributed by atoms with van der Waals surface area (Å²) in [6.45, 7) is 15.8. The first-order chi connectivity index (χ1) is 20.5. The Morgan fingerprint density at radius 3 is 2.37 bits per heavy atom. The number of para-hydroxylation sites is 1. The summed E-state index contributed by atoms with van der Waals surface area (Å²) in [7, 11) is 0. The van der Waals surface area contributed by atoms with Crippen LogP contribution in [0.25, 0.3) is 22.0 Å². The van der Waals surface area contributed by atoms with Gasteiger partial charge >= 0.3 is 5.97 Å². The zero-order valence-corrected chi connectivity index (χ0v) is 26.0. The third-order valence-corrected chi connectivity index (χ3v) is 7.58. The standard InChI is InChI=1S/C35H41N3O5/c1-8-38(9-2)22(4)34(41)43-31-20-30(37-33(40)27-21-36-29-17-12-11-16-25(29)32(27)39)26(19-28(31)35(5,6)7)23-14-13-15-24(18-23)42-10-3/h11-22H,8-10H2,1-7H3,(H,36,39)(H,37,40). The minimum absolute atomic E-state index is 0.0266. The van der Waals surface area contributed by atoms with Crippen LogP contribution < -0.4 is 20.2 Å². The number of nitrogens with zero attached hydrogens (tertiary/aromatic N) is 1. The van der Waals surface area contributed by atoms with Gasteiger partial charge in [0.1, 0.15) is 23.1 Å². The second-order valence-electron chi connectivity index (χ2n) is 11.5. The SMILES string of the molecule is CCOc1cccc(-c2cc(C(C)(C)C)c(OC(=O)C(C)N(CC)CC)cc2NC(=O)c2c[nH]c3ccccc3c2=O)c1. The number of hydrogen-bond acceptors (Lipinski definition) is 6. The van der Waals surface area contributed by atoms with Gasteiger partial charge in [0.05, 0.1) is 12.3 Å². The Kier molecular flexibility index (Phi) is 9.71. The van der Waals surface area contributed by atoms with E-state index in [0.29, 0.717) is 53.3 Å². The van der Waals surface area contributed by atoms with Gasteiger partial charge in [0.25, 0.3) is 5.91 Å². The highest BCUT2D eigenvalue weighted by Gasteiger charge is 2.28. The fraction of sp³-hybridized carbons (Fsp3) is 0.343. The lowest BCUT2D eigenvalue weighted by molar-refractivity contribution is -0.139. The van der Waals surface area contributed by atoms with Crippen LogP contribution in [0.5, 0.6) is 11.5 Å². The molecule has 0 spiro atoms. The second-order valence-corrected chi connectivity index (χ2v) is 11.5. The number of aromatic nitrogens is 1. The van der Waals surface area contributed by atoms with E-state index in [-0.39, 0.29) is 17.0 Å². The zero-order valence-electron chi connectivity index (χ0n) is 26.0. The van der Waals surface area contributed by atoms with Crippen molar-refractivity contribution in [3.63, 3.8) is 0 Å². The monoisotopic (exact) mass is 583 g/mol. The second kappa shape index (κ2) is 13.3. The average molecular weight is 584 g/mol. The van der Waals surface area contributed by atoms with Crippen LogP contribution in [0.15, 0.2) is 71.7 Å². The van der Waals surface area contributed by atoms with Gasteiger partial charge < -0.3 is 19.8 Å². The van der Waals surface area contributed by atoms with Crippen molar-refractivity contribution >= 4 is 28.5 Å². The normalized spacial score (nSPS) is 12.3. The fourth-order valence-corrected chi connectivity index (χ4v) is 5.15. The minimum Gasteiger partial charge on any atom is -0.494 e. The van der Waals surface area contributed by atoms with Crippen LogP contribution in [0.1, 0.15) is 64.4 Å². The summed E-state index contributed by atoms with van der Waals surface area (Å²) >= 11 is 0. The Labute approximate surface area is 253 Å². The van der Waals surface area contributed by atoms with Gasteiger partial charge in [-0.15, -0.1) is 0 Å². The number of H-pyrrole nitrogens is 1. The summed E-state index contributed by atoms with van der Waals surface area (Å²) in [4.78, 5) is 45.3. The number of ether oxygens (including phenoxy) is 2. The number of anilines is 1. The van der Waals surface area contributed by atoms with Gasteiger partial charge in [0.2, 0.25) is 5.43 Å². The number of fused-ring (bicyclic) bond motifs is 1. The van der Waals surface area contributed by atoms with Crippen LogP contribution in [-0.2, 0) is 10.2 Å². The first kappa shape index (κ1) is 31.5. The summed E-state index contributed by atoms with van der Waals surface area (Å²) in [6, 6.07) is 17.8. The van der Waals surface area contributed by atoms with Crippen molar-refractivity contribution < 1.29 is 19.1 Å². The van der Waals surface area contributed by atoms with Crippen molar-refractivity contribution in [1.82, 2.24) is 9.88 Å². The molecule has 0 aliphatic carbocycles. The van der Waals surface area contributed by atoms with Crippen molar-refractivity contribution in [3.8, 4) is 22.6 Å². The highest BCUT2D eigenvalue weighted by Crippen LogP contribution is 2.41. The number of amides is 1. The van der Waals surface area contributed by atoms with Gasteiger partial charge in [0.15, 0.2) is 0 Å². The van der Waals surface area contributed by atoms with Crippen LogP contribution in [-0.4, -0.2) is 47.5 Å². The van der Waals surface area contributed by atoms with E-state index in [2.05, 4.69) is 10.3 Å². The van der Waals surface area contributed by atoms with Crippen molar-refractivity contribution in [2.24, 2.45) is 0 Å². The maximum Gasteiger partial charge on any atom is 0.328 e. The highest BCUT2D eigenvalue weighted by atomic mass is 16.5.